The van der Waals surface area contributed by atoms with E-state index in [2.05, 4.69) is 34.8 Å². The quantitative estimate of drug-likeness (QED) is 0.186. The van der Waals surface area contributed by atoms with Crippen LogP contribution in [0.15, 0.2) is 59.5 Å². The lowest BCUT2D eigenvalue weighted by molar-refractivity contribution is 0.198. The Kier molecular flexibility index (Phi) is 10.8. The number of pyridine rings is 1. The smallest absolute Gasteiger partial charge is 0.246 e. The molecule has 4 rings (SSSR count). The average molecular weight is 715 g/mol. The number of rotatable bonds is 14. The van der Waals surface area contributed by atoms with Crippen LogP contribution >= 0.6 is 0 Å². The van der Waals surface area contributed by atoms with E-state index in [0.717, 1.165) is 16.6 Å². The molecule has 0 spiro atoms. The summed E-state index contributed by atoms with van der Waals surface area (Å²) in [7, 11) is -5.94. The van der Waals surface area contributed by atoms with Crippen LogP contribution in [-0.2, 0) is 19.9 Å². The number of anilines is 1. The molecule has 0 radical (unpaired) electrons. The molecule has 0 fully saturated rings. The van der Waals surface area contributed by atoms with Crippen LogP contribution in [0, 0.1) is 11.3 Å². The highest BCUT2D eigenvalue weighted by Crippen LogP contribution is 2.39. The van der Waals surface area contributed by atoms with Crippen molar-refractivity contribution < 1.29 is 36.2 Å². The van der Waals surface area contributed by atoms with Crippen molar-refractivity contribution in [1.29, 1.82) is 5.26 Å². The van der Waals surface area contributed by atoms with E-state index < -0.39 is 39.8 Å². The van der Waals surface area contributed by atoms with Crippen molar-refractivity contribution in [3.8, 4) is 40.7 Å². The third-order valence-electron chi connectivity index (χ3n) is 7.33. The highest BCUT2D eigenvalue weighted by atomic mass is 32.2. The summed E-state index contributed by atoms with van der Waals surface area (Å²) in [6.07, 6.45) is -0.857. The molecule has 1 atom stereocenters. The lowest BCUT2D eigenvalue weighted by Gasteiger charge is -2.28. The van der Waals surface area contributed by atoms with Gasteiger partial charge in [0, 0.05) is 32.5 Å². The molecule has 0 saturated carbocycles. The van der Waals surface area contributed by atoms with Crippen molar-refractivity contribution in [3.05, 3.63) is 65.7 Å². The summed E-state index contributed by atoms with van der Waals surface area (Å²) in [5, 5.41) is 29.4. The van der Waals surface area contributed by atoms with E-state index in [4.69, 9.17) is 14.2 Å². The maximum atomic E-state index is 14.5. The van der Waals surface area contributed by atoms with Gasteiger partial charge in [0.05, 0.1) is 49.7 Å². The van der Waals surface area contributed by atoms with E-state index in [1.807, 2.05) is 6.07 Å². The molecule has 17 heteroatoms. The number of ether oxygens (including phenoxy) is 3. The Morgan fingerprint density at radius 2 is 1.60 bits per heavy atom. The maximum Gasteiger partial charge on any atom is 0.246 e. The van der Waals surface area contributed by atoms with E-state index in [1.54, 1.807) is 36.4 Å². The zero-order chi connectivity index (χ0) is 35.4. The van der Waals surface area contributed by atoms with Crippen LogP contribution < -0.4 is 18.5 Å². The van der Waals surface area contributed by atoms with Crippen molar-refractivity contribution in [2.45, 2.75) is 36.7 Å². The second-order valence-electron chi connectivity index (χ2n) is 12.0. The van der Waals surface area contributed by atoms with Gasteiger partial charge in [0.15, 0.2) is 15.7 Å². The fraction of sp³-hybridized carbons (Fsp3) is 0.355. The molecular formula is C31H38N6O8S2Si. The summed E-state index contributed by atoms with van der Waals surface area (Å²) < 4.78 is 73.4. The minimum absolute atomic E-state index is 0.0295. The molecule has 14 nitrogen and oxygen atoms in total. The molecule has 256 valence electrons. The Morgan fingerprint density at radius 3 is 2.17 bits per heavy atom. The van der Waals surface area contributed by atoms with Gasteiger partial charge in [0.1, 0.15) is 22.9 Å². The van der Waals surface area contributed by atoms with Crippen molar-refractivity contribution in [2.75, 3.05) is 44.2 Å². The predicted octanol–water partition coefficient (Wildman–Crippen LogP) is 3.84. The maximum absolute atomic E-state index is 14.5. The molecule has 0 bridgehead atoms. The number of aliphatic hydroxyl groups excluding tert-OH is 1. The zero-order valence-electron chi connectivity index (χ0n) is 27.7. The third kappa shape index (κ3) is 7.95. The van der Waals surface area contributed by atoms with Gasteiger partial charge in [-0.1, -0.05) is 37.8 Å². The average Bonchev–Trinajstić information content (AvgIpc) is 3.46. The fourth-order valence-electron chi connectivity index (χ4n) is 4.89. The number of aromatic nitrogens is 4. The van der Waals surface area contributed by atoms with Gasteiger partial charge >= 0.3 is 0 Å². The van der Waals surface area contributed by atoms with E-state index in [9.17, 15) is 27.2 Å². The van der Waals surface area contributed by atoms with Crippen LogP contribution in [0.2, 0.25) is 25.7 Å². The molecular weight excluding hydrogens is 677 g/mol. The fourth-order valence-corrected chi connectivity index (χ4v) is 8.42. The summed E-state index contributed by atoms with van der Waals surface area (Å²) in [5.74, 6) is 0.0226. The van der Waals surface area contributed by atoms with Crippen LogP contribution in [0.25, 0.3) is 17.2 Å². The number of hydrogen-bond acceptors (Lipinski definition) is 12. The van der Waals surface area contributed by atoms with E-state index >= 15 is 0 Å². The summed E-state index contributed by atoms with van der Waals surface area (Å²) in [5.41, 5.74) is 0.490. The molecule has 1 N–H and O–H groups in total. The van der Waals surface area contributed by atoms with Gasteiger partial charge < -0.3 is 19.3 Å². The first-order valence-corrected chi connectivity index (χ1v) is 21.9. The summed E-state index contributed by atoms with van der Waals surface area (Å²) >= 11 is 0. The molecule has 0 saturated heterocycles. The van der Waals surface area contributed by atoms with Gasteiger partial charge in [-0.25, -0.2) is 26.1 Å². The van der Waals surface area contributed by atoms with E-state index in [-0.39, 0.29) is 40.2 Å². The Labute approximate surface area is 281 Å². The molecule has 2 aromatic heterocycles. The molecule has 0 aliphatic heterocycles. The number of aliphatic hydroxyl groups is 1. The van der Waals surface area contributed by atoms with Gasteiger partial charge in [-0.15, -0.1) is 10.2 Å². The molecule has 0 aliphatic rings. The van der Waals surface area contributed by atoms with Crippen molar-refractivity contribution in [1.82, 2.24) is 19.7 Å². The monoisotopic (exact) mass is 714 g/mol. The van der Waals surface area contributed by atoms with Gasteiger partial charge in [0.25, 0.3) is 0 Å². The molecule has 0 aliphatic carbocycles. The van der Waals surface area contributed by atoms with Gasteiger partial charge in [-0.3, -0.25) is 4.57 Å². The van der Waals surface area contributed by atoms with Crippen LogP contribution in [-0.4, -0.2) is 89.6 Å². The number of nitriles is 1. The summed E-state index contributed by atoms with van der Waals surface area (Å²) in [6.45, 7) is 6.22. The Hall–Kier alpha value is -4.50. The number of methoxy groups -OCH3 is 3. The second kappa shape index (κ2) is 14.3. The molecule has 0 amide bonds. The zero-order valence-corrected chi connectivity index (χ0v) is 30.3. The first-order chi connectivity index (χ1) is 22.5. The molecule has 2 heterocycles. The van der Waals surface area contributed by atoms with E-state index in [0.29, 0.717) is 28.9 Å². The summed E-state index contributed by atoms with van der Waals surface area (Å²) in [6, 6.07) is 16.1. The standard InChI is InChI=1S/C31H38N6O8S2Si/c1-43-25-11-9-12-26(44-2)29(25)37-30(23-10-8-13-28(33-23)45-3)34-35-31(37)36(16-17-48(5,6)7)47(41,42)20-24(38)22-15-14-21(19-32)18-27(22)46(4,39)40/h8-15,18,24,38H,16-17,20H2,1-7H3. The third-order valence-corrected chi connectivity index (χ3v) is 12.0. The van der Waals surface area contributed by atoms with Crippen molar-refractivity contribution >= 4 is 33.9 Å². The Bertz CT molecular complexity index is 2040. The van der Waals surface area contributed by atoms with Crippen LogP contribution in [0.3, 0.4) is 0 Å². The van der Waals surface area contributed by atoms with Crippen LogP contribution in [0.1, 0.15) is 17.2 Å². The van der Waals surface area contributed by atoms with Gasteiger partial charge in [-0.05, 0) is 36.4 Å². The van der Waals surface area contributed by atoms with Gasteiger partial charge in [0.2, 0.25) is 21.9 Å². The number of sulfonamides is 1. The topological polar surface area (TPSA) is 187 Å². The SMILES string of the molecule is COc1cccc(-c2nnc(N(CC[Si](C)(C)C)S(=O)(=O)CC(O)c3ccc(C#N)cc3S(C)(=O)=O)n2-c2c(OC)cccc2OC)n1. The number of benzene rings is 2. The lowest BCUT2D eigenvalue weighted by Crippen LogP contribution is -2.40. The largest absolute Gasteiger partial charge is 0.494 e. The van der Waals surface area contributed by atoms with Crippen molar-refractivity contribution in [3.63, 3.8) is 0 Å². The normalized spacial score (nSPS) is 12.6. The number of hydrogen-bond donors (Lipinski definition) is 1. The molecule has 4 aromatic rings. The predicted molar refractivity (Wildman–Crippen MR) is 183 cm³/mol. The van der Waals surface area contributed by atoms with Gasteiger partial charge in [-0.2, -0.15) is 5.26 Å². The second-order valence-corrected chi connectivity index (χ2v) is 21.6. The Morgan fingerprint density at radius 1 is 0.958 bits per heavy atom. The minimum Gasteiger partial charge on any atom is -0.494 e. The highest BCUT2D eigenvalue weighted by molar-refractivity contribution is 7.92. The van der Waals surface area contributed by atoms with Crippen LogP contribution in [0.4, 0.5) is 5.95 Å². The lowest BCUT2D eigenvalue weighted by atomic mass is 10.1. The first kappa shape index (κ1) is 36.3. The first-order valence-electron chi connectivity index (χ1n) is 14.7. The highest BCUT2D eigenvalue weighted by Gasteiger charge is 2.35. The van der Waals surface area contributed by atoms with Crippen LogP contribution in [0.5, 0.6) is 17.4 Å². The minimum atomic E-state index is -4.48. The summed E-state index contributed by atoms with van der Waals surface area (Å²) in [4.78, 5) is 4.16. The molecule has 2 aromatic carbocycles. The van der Waals surface area contributed by atoms with E-state index in [1.165, 1.54) is 38.0 Å². The number of nitrogens with zero attached hydrogens (tertiary/aromatic N) is 6. The molecule has 48 heavy (non-hydrogen) atoms. The molecule has 1 unspecified atom stereocenters. The number of sulfone groups is 1. The number of para-hydroxylation sites is 1. The Balaban J connectivity index is 1.98. The van der Waals surface area contributed by atoms with Crippen molar-refractivity contribution in [2.24, 2.45) is 0 Å².